The quantitative estimate of drug-likeness (QED) is 0.366. The molecule has 1 heteroatoms. The van der Waals surface area contributed by atoms with Gasteiger partial charge in [-0.3, -0.25) is 0 Å². The highest BCUT2D eigenvalue weighted by atomic mass is 31.1. The molecule has 0 spiro atoms. The third-order valence-corrected chi connectivity index (χ3v) is 10.0. The second-order valence-corrected chi connectivity index (χ2v) is 13.7. The van der Waals surface area contributed by atoms with E-state index < -0.39 is 0 Å². The number of rotatable bonds is 3. The molecule has 0 saturated carbocycles. The molecule has 0 radical (unpaired) electrons. The molecule has 3 aromatic carbocycles. The SMILES string of the molecule is CC(C)(C)c1cc(P2[C@H](c3ccccc3)CC[C@H]2c2ccccc2)cc(C(C)(C)C)c1. The second kappa shape index (κ2) is 8.55. The lowest BCUT2D eigenvalue weighted by Crippen LogP contribution is -2.21. The summed E-state index contributed by atoms with van der Waals surface area (Å²) in [7, 11) is -0.346. The van der Waals surface area contributed by atoms with Gasteiger partial charge in [-0.1, -0.05) is 128 Å². The van der Waals surface area contributed by atoms with Crippen LogP contribution in [-0.4, -0.2) is 0 Å². The molecule has 0 N–H and O–H groups in total. The lowest BCUT2D eigenvalue weighted by Gasteiger charge is -2.32. The molecule has 0 nitrogen and oxygen atoms in total. The molecule has 1 saturated heterocycles. The molecule has 3 aromatic rings. The van der Waals surface area contributed by atoms with Crippen LogP contribution in [0, 0.1) is 0 Å². The average molecular weight is 429 g/mol. The van der Waals surface area contributed by atoms with Crippen LogP contribution in [0.25, 0.3) is 0 Å². The van der Waals surface area contributed by atoms with Gasteiger partial charge in [0.05, 0.1) is 0 Å². The summed E-state index contributed by atoms with van der Waals surface area (Å²) in [4.78, 5) is 0. The van der Waals surface area contributed by atoms with Crippen molar-refractivity contribution in [2.75, 3.05) is 0 Å². The monoisotopic (exact) mass is 428 g/mol. The summed E-state index contributed by atoms with van der Waals surface area (Å²) in [5.41, 5.74) is 7.54. The van der Waals surface area contributed by atoms with Crippen molar-refractivity contribution in [1.29, 1.82) is 0 Å². The van der Waals surface area contributed by atoms with Crippen LogP contribution in [0.2, 0.25) is 0 Å². The fraction of sp³-hybridized carbons (Fsp3) is 0.400. The maximum Gasteiger partial charge on any atom is 0.00877 e. The van der Waals surface area contributed by atoms with Crippen LogP contribution in [0.5, 0.6) is 0 Å². The predicted molar refractivity (Wildman–Crippen MR) is 138 cm³/mol. The molecule has 1 aliphatic rings. The van der Waals surface area contributed by atoms with E-state index in [0.29, 0.717) is 11.3 Å². The van der Waals surface area contributed by atoms with Crippen molar-refractivity contribution in [3.8, 4) is 0 Å². The minimum atomic E-state index is -0.346. The first-order chi connectivity index (χ1) is 14.6. The molecule has 4 rings (SSSR count). The van der Waals surface area contributed by atoms with Crippen LogP contribution in [0.1, 0.15) is 88.0 Å². The molecule has 162 valence electrons. The molecule has 1 aliphatic heterocycles. The molecule has 0 bridgehead atoms. The molecule has 31 heavy (non-hydrogen) atoms. The van der Waals surface area contributed by atoms with Crippen molar-refractivity contribution in [3.63, 3.8) is 0 Å². The van der Waals surface area contributed by atoms with Crippen molar-refractivity contribution in [2.45, 2.75) is 76.5 Å². The minimum Gasteiger partial charge on any atom is -0.0622 e. The van der Waals surface area contributed by atoms with Crippen molar-refractivity contribution in [1.82, 2.24) is 0 Å². The standard InChI is InChI=1S/C30H37P/c1-29(2,3)24-19-25(30(4,5)6)21-26(20-24)31-27(22-13-9-7-10-14-22)17-18-28(31)23-15-11-8-12-16-23/h7-16,19-21,27-28H,17-18H2,1-6H3/t27-,28-/m0/s1. The van der Waals surface area contributed by atoms with Gasteiger partial charge < -0.3 is 0 Å². The van der Waals surface area contributed by atoms with E-state index in [1.807, 2.05) is 0 Å². The minimum absolute atomic E-state index is 0.148. The van der Waals surface area contributed by atoms with Crippen molar-refractivity contribution in [3.05, 3.63) is 101 Å². The maximum atomic E-state index is 2.55. The molecular weight excluding hydrogens is 391 g/mol. The lowest BCUT2D eigenvalue weighted by atomic mass is 9.81. The van der Waals surface area contributed by atoms with Gasteiger partial charge in [-0.2, -0.15) is 0 Å². The smallest absolute Gasteiger partial charge is 0.00877 e. The van der Waals surface area contributed by atoms with E-state index >= 15 is 0 Å². The van der Waals surface area contributed by atoms with Crippen LogP contribution in [0.4, 0.5) is 0 Å². The highest BCUT2D eigenvalue weighted by molar-refractivity contribution is 7.66. The molecule has 0 aliphatic carbocycles. The highest BCUT2D eigenvalue weighted by Crippen LogP contribution is 2.69. The van der Waals surface area contributed by atoms with Gasteiger partial charge in [0, 0.05) is 11.3 Å². The van der Waals surface area contributed by atoms with E-state index in [-0.39, 0.29) is 18.8 Å². The third kappa shape index (κ3) is 4.80. The molecular formula is C30H37P. The van der Waals surface area contributed by atoms with Gasteiger partial charge in [0.15, 0.2) is 0 Å². The zero-order chi connectivity index (χ0) is 22.2. The van der Waals surface area contributed by atoms with Gasteiger partial charge in [0.2, 0.25) is 0 Å². The Morgan fingerprint density at radius 1 is 0.581 bits per heavy atom. The highest BCUT2D eigenvalue weighted by Gasteiger charge is 2.39. The molecule has 1 heterocycles. The van der Waals surface area contributed by atoms with Gasteiger partial charge in [0.1, 0.15) is 0 Å². The van der Waals surface area contributed by atoms with Gasteiger partial charge in [0.25, 0.3) is 0 Å². The Morgan fingerprint density at radius 3 is 1.32 bits per heavy atom. The van der Waals surface area contributed by atoms with Gasteiger partial charge in [-0.25, -0.2) is 0 Å². The van der Waals surface area contributed by atoms with E-state index in [1.165, 1.54) is 35.1 Å². The number of hydrogen-bond acceptors (Lipinski definition) is 0. The first-order valence-electron chi connectivity index (χ1n) is 11.7. The summed E-state index contributed by atoms with van der Waals surface area (Å²) in [5, 5.41) is 1.59. The zero-order valence-electron chi connectivity index (χ0n) is 20.0. The van der Waals surface area contributed by atoms with Gasteiger partial charge >= 0.3 is 0 Å². The van der Waals surface area contributed by atoms with Gasteiger partial charge in [-0.15, -0.1) is 0 Å². The molecule has 0 amide bonds. The molecule has 0 aromatic heterocycles. The topological polar surface area (TPSA) is 0 Å². The summed E-state index contributed by atoms with van der Waals surface area (Å²) < 4.78 is 0. The Balaban J connectivity index is 1.89. The first-order valence-corrected chi connectivity index (χ1v) is 13.2. The summed E-state index contributed by atoms with van der Waals surface area (Å²) in [5.74, 6) is 0. The lowest BCUT2D eigenvalue weighted by molar-refractivity contribution is 0.569. The van der Waals surface area contributed by atoms with Gasteiger partial charge in [-0.05, 0) is 51.2 Å². The summed E-state index contributed by atoms with van der Waals surface area (Å²) in [6.45, 7) is 14.1. The first kappa shape index (κ1) is 22.3. The molecule has 2 atom stereocenters. The van der Waals surface area contributed by atoms with Crippen LogP contribution < -0.4 is 5.30 Å². The van der Waals surface area contributed by atoms with Crippen molar-refractivity contribution < 1.29 is 0 Å². The van der Waals surface area contributed by atoms with E-state index in [1.54, 1.807) is 5.30 Å². The number of hydrogen-bond donors (Lipinski definition) is 0. The Kier molecular flexibility index (Phi) is 6.15. The molecule has 1 fully saturated rings. The van der Waals surface area contributed by atoms with E-state index in [9.17, 15) is 0 Å². The average Bonchev–Trinajstić information content (AvgIpc) is 3.19. The fourth-order valence-corrected chi connectivity index (χ4v) is 8.37. The fourth-order valence-electron chi connectivity index (χ4n) is 4.80. The largest absolute Gasteiger partial charge is 0.0622 e. The van der Waals surface area contributed by atoms with E-state index in [0.717, 1.165) is 0 Å². The van der Waals surface area contributed by atoms with Crippen LogP contribution in [0.3, 0.4) is 0 Å². The Hall–Kier alpha value is -1.91. The Labute approximate surface area is 190 Å². The second-order valence-electron chi connectivity index (χ2n) is 11.1. The third-order valence-electron chi connectivity index (χ3n) is 6.70. The van der Waals surface area contributed by atoms with Crippen LogP contribution >= 0.6 is 7.92 Å². The van der Waals surface area contributed by atoms with E-state index in [2.05, 4.69) is 120 Å². The summed E-state index contributed by atoms with van der Waals surface area (Å²) in [6.07, 6.45) is 2.56. The van der Waals surface area contributed by atoms with E-state index in [4.69, 9.17) is 0 Å². The molecule has 0 unspecified atom stereocenters. The maximum absolute atomic E-state index is 2.55. The zero-order valence-corrected chi connectivity index (χ0v) is 20.9. The Morgan fingerprint density at radius 2 is 0.968 bits per heavy atom. The normalized spacial score (nSPS) is 20.2. The number of benzene rings is 3. The van der Waals surface area contributed by atoms with Crippen molar-refractivity contribution >= 4 is 13.2 Å². The Bertz CT molecular complexity index is 926. The van der Waals surface area contributed by atoms with Crippen LogP contribution in [0.15, 0.2) is 78.9 Å². The summed E-state index contributed by atoms with van der Waals surface area (Å²) >= 11 is 0. The van der Waals surface area contributed by atoms with Crippen LogP contribution in [-0.2, 0) is 10.8 Å². The predicted octanol–water partition coefficient (Wildman–Crippen LogP) is 8.67. The van der Waals surface area contributed by atoms with Crippen molar-refractivity contribution in [2.24, 2.45) is 0 Å². The summed E-state index contributed by atoms with van der Waals surface area (Å²) in [6, 6.07) is 30.1.